The highest BCUT2D eigenvalue weighted by molar-refractivity contribution is 7.88. The Labute approximate surface area is 156 Å². The van der Waals surface area contributed by atoms with Crippen LogP contribution in [0.4, 0.5) is 0 Å². The summed E-state index contributed by atoms with van der Waals surface area (Å²) in [4.78, 5) is 12.2. The predicted octanol–water partition coefficient (Wildman–Crippen LogP) is 3.23. The summed E-state index contributed by atoms with van der Waals surface area (Å²) in [6, 6.07) is 6.91. The molecule has 26 heavy (non-hydrogen) atoms. The summed E-state index contributed by atoms with van der Waals surface area (Å²) in [5, 5.41) is 2.95. The minimum atomic E-state index is -3.25. The monoisotopic (exact) mass is 376 g/mol. The van der Waals surface area contributed by atoms with Gasteiger partial charge in [-0.2, -0.15) is 0 Å². The largest absolute Gasteiger partial charge is 0.352 e. The molecular formula is C20H28N2O3S. The van der Waals surface area contributed by atoms with Crippen LogP contribution in [0, 0.1) is 0 Å². The molecule has 1 N–H and O–H groups in total. The van der Waals surface area contributed by atoms with Crippen molar-refractivity contribution < 1.29 is 13.2 Å². The van der Waals surface area contributed by atoms with Gasteiger partial charge in [0, 0.05) is 25.2 Å². The van der Waals surface area contributed by atoms with Gasteiger partial charge in [-0.05, 0) is 62.6 Å². The van der Waals surface area contributed by atoms with Gasteiger partial charge in [0.15, 0.2) is 0 Å². The molecule has 1 fully saturated rings. The average Bonchev–Trinajstić information content (AvgIpc) is 3.19. The number of carbonyl (C=O) groups is 1. The molecule has 0 saturated carbocycles. The molecule has 1 heterocycles. The molecule has 0 atom stereocenters. The molecule has 0 bridgehead atoms. The first-order chi connectivity index (χ1) is 12.5. The van der Waals surface area contributed by atoms with E-state index in [2.05, 4.69) is 11.4 Å². The Morgan fingerprint density at radius 1 is 1.04 bits per heavy atom. The summed E-state index contributed by atoms with van der Waals surface area (Å²) in [7, 11) is -3.25. The lowest BCUT2D eigenvalue weighted by molar-refractivity contribution is 0.0954. The number of amides is 1. The van der Waals surface area contributed by atoms with E-state index in [0.717, 1.165) is 37.7 Å². The number of hydrogen-bond acceptors (Lipinski definition) is 3. The molecule has 142 valence electrons. The number of nitrogens with one attached hydrogen (secondary N) is 1. The average molecular weight is 377 g/mol. The van der Waals surface area contributed by atoms with Crippen molar-refractivity contribution in [2.75, 3.05) is 19.6 Å². The highest BCUT2D eigenvalue weighted by Gasteiger charge is 2.25. The van der Waals surface area contributed by atoms with Crippen LogP contribution < -0.4 is 5.32 Å². The lowest BCUT2D eigenvalue weighted by Crippen LogP contribution is -2.29. The van der Waals surface area contributed by atoms with Gasteiger partial charge < -0.3 is 5.32 Å². The van der Waals surface area contributed by atoms with E-state index in [1.54, 1.807) is 28.6 Å². The molecule has 2 aliphatic rings. The van der Waals surface area contributed by atoms with Gasteiger partial charge in [-0.3, -0.25) is 4.79 Å². The van der Waals surface area contributed by atoms with Gasteiger partial charge in [-0.1, -0.05) is 23.8 Å². The standard InChI is InChI=1S/C20H28N2O3S/c23-20(21-13-12-17-6-2-1-3-7-17)19-10-8-18(9-11-19)16-26(24,25)22-14-4-5-15-22/h6,8-11H,1-5,7,12-16H2,(H,21,23). The SMILES string of the molecule is O=C(NCCC1=CCCCC1)c1ccc(CS(=O)(=O)N2CCCC2)cc1. The van der Waals surface area contributed by atoms with Gasteiger partial charge in [-0.15, -0.1) is 0 Å². The van der Waals surface area contributed by atoms with E-state index in [9.17, 15) is 13.2 Å². The molecule has 1 aliphatic carbocycles. The lowest BCUT2D eigenvalue weighted by Gasteiger charge is -2.15. The molecule has 1 saturated heterocycles. The highest BCUT2D eigenvalue weighted by atomic mass is 32.2. The molecule has 3 rings (SSSR count). The Morgan fingerprint density at radius 2 is 1.77 bits per heavy atom. The van der Waals surface area contributed by atoms with Crippen molar-refractivity contribution in [1.29, 1.82) is 0 Å². The highest BCUT2D eigenvalue weighted by Crippen LogP contribution is 2.20. The summed E-state index contributed by atoms with van der Waals surface area (Å²) >= 11 is 0. The van der Waals surface area contributed by atoms with Crippen LogP contribution in [-0.4, -0.2) is 38.3 Å². The summed E-state index contributed by atoms with van der Waals surface area (Å²) in [6.07, 6.45) is 9.92. The summed E-state index contributed by atoms with van der Waals surface area (Å²) in [6.45, 7) is 1.90. The van der Waals surface area contributed by atoms with E-state index in [4.69, 9.17) is 0 Å². The Balaban J connectivity index is 1.50. The fraction of sp³-hybridized carbons (Fsp3) is 0.550. The number of hydrogen-bond donors (Lipinski definition) is 1. The van der Waals surface area contributed by atoms with Crippen LogP contribution in [0.2, 0.25) is 0 Å². The number of carbonyl (C=O) groups excluding carboxylic acids is 1. The van der Waals surface area contributed by atoms with Gasteiger partial charge >= 0.3 is 0 Å². The number of rotatable bonds is 7. The van der Waals surface area contributed by atoms with Crippen LogP contribution in [0.3, 0.4) is 0 Å². The molecule has 0 spiro atoms. The number of benzene rings is 1. The van der Waals surface area contributed by atoms with E-state index in [-0.39, 0.29) is 11.7 Å². The molecule has 0 aromatic heterocycles. The van der Waals surface area contributed by atoms with Crippen molar-refractivity contribution >= 4 is 15.9 Å². The van der Waals surface area contributed by atoms with Crippen LogP contribution in [-0.2, 0) is 15.8 Å². The zero-order chi connectivity index (χ0) is 18.4. The van der Waals surface area contributed by atoms with Crippen LogP contribution in [0.25, 0.3) is 0 Å². The Kier molecular flexibility index (Phi) is 6.48. The molecular weight excluding hydrogens is 348 g/mol. The predicted molar refractivity (Wildman–Crippen MR) is 103 cm³/mol. The van der Waals surface area contributed by atoms with Gasteiger partial charge in [0.05, 0.1) is 5.75 Å². The second-order valence-corrected chi connectivity index (χ2v) is 9.14. The summed E-state index contributed by atoms with van der Waals surface area (Å²) in [5.41, 5.74) is 2.74. The van der Waals surface area contributed by atoms with Crippen LogP contribution in [0.15, 0.2) is 35.9 Å². The summed E-state index contributed by atoms with van der Waals surface area (Å²) in [5.74, 6) is -0.0985. The number of allylic oxidation sites excluding steroid dienone is 1. The smallest absolute Gasteiger partial charge is 0.251 e. The van der Waals surface area contributed by atoms with Crippen molar-refractivity contribution in [1.82, 2.24) is 9.62 Å². The molecule has 5 nitrogen and oxygen atoms in total. The molecule has 1 aliphatic heterocycles. The van der Waals surface area contributed by atoms with Crippen molar-refractivity contribution in [3.63, 3.8) is 0 Å². The van der Waals surface area contributed by atoms with Crippen molar-refractivity contribution in [3.8, 4) is 0 Å². The van der Waals surface area contributed by atoms with Gasteiger partial charge in [0.2, 0.25) is 10.0 Å². The second-order valence-electron chi connectivity index (χ2n) is 7.17. The maximum Gasteiger partial charge on any atom is 0.251 e. The first-order valence-corrected chi connectivity index (χ1v) is 11.2. The molecule has 1 aromatic carbocycles. The number of sulfonamides is 1. The van der Waals surface area contributed by atoms with E-state index in [1.807, 2.05) is 0 Å². The first-order valence-electron chi connectivity index (χ1n) is 9.57. The molecule has 0 unspecified atom stereocenters. The van der Waals surface area contributed by atoms with Crippen LogP contribution >= 0.6 is 0 Å². The van der Waals surface area contributed by atoms with Gasteiger partial charge in [-0.25, -0.2) is 12.7 Å². The topological polar surface area (TPSA) is 66.5 Å². The Bertz CT molecular complexity index is 748. The van der Waals surface area contributed by atoms with Crippen molar-refractivity contribution in [3.05, 3.63) is 47.0 Å². The van der Waals surface area contributed by atoms with E-state index < -0.39 is 10.0 Å². The third-order valence-electron chi connectivity index (χ3n) is 5.14. The maximum atomic E-state index is 12.4. The maximum absolute atomic E-state index is 12.4. The van der Waals surface area contributed by atoms with Gasteiger partial charge in [0.1, 0.15) is 0 Å². The Hall–Kier alpha value is -1.66. The first kappa shape index (κ1) is 19.1. The summed E-state index contributed by atoms with van der Waals surface area (Å²) < 4.78 is 26.3. The van der Waals surface area contributed by atoms with Crippen molar-refractivity contribution in [2.45, 2.75) is 50.7 Å². The van der Waals surface area contributed by atoms with Gasteiger partial charge in [0.25, 0.3) is 5.91 Å². The fourth-order valence-corrected chi connectivity index (χ4v) is 5.20. The Morgan fingerprint density at radius 3 is 2.42 bits per heavy atom. The minimum Gasteiger partial charge on any atom is -0.352 e. The van der Waals surface area contributed by atoms with E-state index in [1.165, 1.54) is 18.4 Å². The van der Waals surface area contributed by atoms with Crippen LogP contribution in [0.5, 0.6) is 0 Å². The fourth-order valence-electron chi connectivity index (χ4n) is 3.59. The van der Waals surface area contributed by atoms with Crippen molar-refractivity contribution in [2.24, 2.45) is 0 Å². The quantitative estimate of drug-likeness (QED) is 0.743. The number of nitrogens with zero attached hydrogens (tertiary/aromatic N) is 1. The van der Waals surface area contributed by atoms with E-state index in [0.29, 0.717) is 25.2 Å². The third-order valence-corrected chi connectivity index (χ3v) is 6.99. The molecule has 6 heteroatoms. The van der Waals surface area contributed by atoms with Crippen LogP contribution in [0.1, 0.15) is 60.9 Å². The molecule has 1 aromatic rings. The second kappa shape index (κ2) is 8.82. The zero-order valence-electron chi connectivity index (χ0n) is 15.2. The third kappa shape index (κ3) is 5.17. The minimum absolute atomic E-state index is 0.00303. The molecule has 1 amide bonds. The van der Waals surface area contributed by atoms with E-state index >= 15 is 0 Å². The molecule has 0 radical (unpaired) electrons. The zero-order valence-corrected chi connectivity index (χ0v) is 16.1. The lowest BCUT2D eigenvalue weighted by atomic mass is 9.97. The normalized spacial score (nSPS) is 18.5.